The molecule has 0 spiro atoms. The van der Waals surface area contributed by atoms with E-state index in [9.17, 15) is 4.79 Å². The molecule has 2 heterocycles. The fourth-order valence-electron chi connectivity index (χ4n) is 1.02. The van der Waals surface area contributed by atoms with Gasteiger partial charge in [-0.15, -0.1) is 22.7 Å². The Bertz CT molecular complexity index is 430. The number of carbonyl (C=O) groups excluding carboxylic acids is 1. The molecule has 0 saturated heterocycles. The second-order valence-electron chi connectivity index (χ2n) is 2.61. The molecule has 0 bridgehead atoms. The normalized spacial score (nSPS) is 10.4. The van der Waals surface area contributed by atoms with Gasteiger partial charge in [0.05, 0.1) is 7.57 Å². The number of hydrogen-bond donors (Lipinski definition) is 0. The van der Waals surface area contributed by atoms with Crippen LogP contribution in [0.3, 0.4) is 0 Å². The van der Waals surface area contributed by atoms with E-state index in [1.807, 2.05) is 22.9 Å². The van der Waals surface area contributed by atoms with Crippen molar-refractivity contribution in [3.63, 3.8) is 0 Å². The first-order chi connectivity index (χ1) is 6.66. The van der Waals surface area contributed by atoms with E-state index < -0.39 is 0 Å². The van der Waals surface area contributed by atoms with Gasteiger partial charge in [0.25, 0.3) is 0 Å². The van der Waals surface area contributed by atoms with Crippen molar-refractivity contribution < 1.29 is 4.79 Å². The predicted molar refractivity (Wildman–Crippen MR) is 67.5 cm³/mol. The van der Waals surface area contributed by atoms with Crippen LogP contribution in [-0.4, -0.2) is 5.78 Å². The third kappa shape index (κ3) is 2.16. The number of thiophene rings is 2. The number of hydrogen-bond acceptors (Lipinski definition) is 3. The highest BCUT2D eigenvalue weighted by atomic mass is 79.9. The van der Waals surface area contributed by atoms with E-state index in [0.29, 0.717) is 0 Å². The van der Waals surface area contributed by atoms with Crippen LogP contribution in [0.4, 0.5) is 0 Å². The molecule has 0 aliphatic carbocycles. The maximum atomic E-state index is 11.8. The lowest BCUT2D eigenvalue weighted by atomic mass is 10.1. The number of rotatable bonds is 2. The monoisotopic (exact) mass is 350 g/mol. The van der Waals surface area contributed by atoms with Crippen LogP contribution in [0.25, 0.3) is 0 Å². The van der Waals surface area contributed by atoms with Crippen molar-refractivity contribution in [3.8, 4) is 0 Å². The molecule has 0 atom stereocenters. The Morgan fingerprint density at radius 3 is 1.71 bits per heavy atom. The molecular formula is C9H4Br2OS2. The van der Waals surface area contributed by atoms with Crippen LogP contribution < -0.4 is 0 Å². The molecule has 0 fully saturated rings. The minimum Gasteiger partial charge on any atom is -0.289 e. The van der Waals surface area contributed by atoms with Crippen molar-refractivity contribution in [2.45, 2.75) is 0 Å². The standard InChI is InChI=1S/C9H4Br2OS2/c10-7-1-5(3-13-7)9(12)6-2-8(11)14-4-6/h1-4H. The van der Waals surface area contributed by atoms with E-state index in [1.165, 1.54) is 22.7 Å². The van der Waals surface area contributed by atoms with Gasteiger partial charge in [-0.2, -0.15) is 0 Å². The Labute approximate surface area is 106 Å². The molecule has 0 saturated carbocycles. The molecule has 0 amide bonds. The quantitative estimate of drug-likeness (QED) is 0.724. The molecule has 1 nitrogen and oxygen atoms in total. The molecule has 0 aliphatic rings. The second-order valence-corrected chi connectivity index (χ2v) is 7.19. The highest BCUT2D eigenvalue weighted by Crippen LogP contribution is 2.26. The van der Waals surface area contributed by atoms with Gasteiger partial charge in [0, 0.05) is 21.9 Å². The summed E-state index contributed by atoms with van der Waals surface area (Å²) in [5.74, 6) is 0.0777. The molecular weight excluding hydrogens is 348 g/mol. The number of carbonyl (C=O) groups is 1. The van der Waals surface area contributed by atoms with Crippen LogP contribution in [-0.2, 0) is 0 Å². The molecule has 0 aromatic carbocycles. The molecule has 72 valence electrons. The molecule has 2 aromatic heterocycles. The summed E-state index contributed by atoms with van der Waals surface area (Å²) in [7, 11) is 0. The molecule has 0 aliphatic heterocycles. The molecule has 2 rings (SSSR count). The average Bonchev–Trinajstić information content (AvgIpc) is 2.73. The van der Waals surface area contributed by atoms with Crippen molar-refractivity contribution in [1.82, 2.24) is 0 Å². The largest absolute Gasteiger partial charge is 0.289 e. The van der Waals surface area contributed by atoms with Crippen LogP contribution in [0.1, 0.15) is 15.9 Å². The Morgan fingerprint density at radius 2 is 1.43 bits per heavy atom. The van der Waals surface area contributed by atoms with Gasteiger partial charge in [0.15, 0.2) is 5.78 Å². The van der Waals surface area contributed by atoms with Gasteiger partial charge >= 0.3 is 0 Å². The molecule has 0 unspecified atom stereocenters. The minimum absolute atomic E-state index is 0.0777. The maximum Gasteiger partial charge on any atom is 0.194 e. The lowest BCUT2D eigenvalue weighted by Gasteiger charge is -1.91. The Kier molecular flexibility index (Phi) is 3.21. The van der Waals surface area contributed by atoms with Crippen LogP contribution >= 0.6 is 54.5 Å². The first-order valence-electron chi connectivity index (χ1n) is 3.69. The van der Waals surface area contributed by atoms with E-state index in [1.54, 1.807) is 0 Å². The molecule has 0 radical (unpaired) electrons. The zero-order valence-electron chi connectivity index (χ0n) is 6.79. The lowest BCUT2D eigenvalue weighted by molar-refractivity contribution is 0.103. The van der Waals surface area contributed by atoms with Crippen molar-refractivity contribution in [2.75, 3.05) is 0 Å². The van der Waals surface area contributed by atoms with E-state index in [2.05, 4.69) is 31.9 Å². The first kappa shape index (κ1) is 10.5. The second kappa shape index (κ2) is 4.26. The Morgan fingerprint density at radius 1 is 1.00 bits per heavy atom. The summed E-state index contributed by atoms with van der Waals surface area (Å²) in [6, 6.07) is 3.69. The first-order valence-corrected chi connectivity index (χ1v) is 7.04. The van der Waals surface area contributed by atoms with Gasteiger partial charge in [0.2, 0.25) is 0 Å². The summed E-state index contributed by atoms with van der Waals surface area (Å²) in [4.78, 5) is 11.8. The maximum absolute atomic E-state index is 11.8. The fraction of sp³-hybridized carbons (Fsp3) is 0. The van der Waals surface area contributed by atoms with E-state index in [4.69, 9.17) is 0 Å². The third-order valence-corrected chi connectivity index (χ3v) is 4.67. The number of halogens is 2. The van der Waals surface area contributed by atoms with E-state index in [0.717, 1.165) is 18.7 Å². The van der Waals surface area contributed by atoms with Crippen LogP contribution in [0.15, 0.2) is 30.5 Å². The summed E-state index contributed by atoms with van der Waals surface area (Å²) in [5.41, 5.74) is 1.49. The van der Waals surface area contributed by atoms with Crippen LogP contribution in [0.2, 0.25) is 0 Å². The summed E-state index contributed by atoms with van der Waals surface area (Å²) < 4.78 is 1.96. The minimum atomic E-state index is 0.0777. The smallest absolute Gasteiger partial charge is 0.194 e. The Balaban J connectivity index is 2.33. The SMILES string of the molecule is O=C(c1csc(Br)c1)c1csc(Br)c1. The molecule has 2 aromatic rings. The summed E-state index contributed by atoms with van der Waals surface area (Å²) in [6.45, 7) is 0. The van der Waals surface area contributed by atoms with Gasteiger partial charge in [-0.25, -0.2) is 0 Å². The highest BCUT2D eigenvalue weighted by Gasteiger charge is 2.12. The molecule has 14 heavy (non-hydrogen) atoms. The van der Waals surface area contributed by atoms with Crippen molar-refractivity contribution in [3.05, 3.63) is 41.6 Å². The van der Waals surface area contributed by atoms with Crippen molar-refractivity contribution >= 4 is 60.3 Å². The van der Waals surface area contributed by atoms with Gasteiger partial charge in [0.1, 0.15) is 0 Å². The van der Waals surface area contributed by atoms with Crippen molar-refractivity contribution in [2.24, 2.45) is 0 Å². The Hall–Kier alpha value is 0.0300. The lowest BCUT2D eigenvalue weighted by Crippen LogP contribution is -1.96. The van der Waals surface area contributed by atoms with Gasteiger partial charge in [-0.3, -0.25) is 4.79 Å². The fourth-order valence-corrected chi connectivity index (χ4v) is 3.30. The average molecular weight is 352 g/mol. The third-order valence-electron chi connectivity index (χ3n) is 1.66. The summed E-state index contributed by atoms with van der Waals surface area (Å²) >= 11 is 9.72. The molecule has 0 N–H and O–H groups in total. The predicted octanol–water partition coefficient (Wildman–Crippen LogP) is 4.57. The van der Waals surface area contributed by atoms with Gasteiger partial charge in [-0.05, 0) is 44.0 Å². The zero-order valence-corrected chi connectivity index (χ0v) is 11.6. The summed E-state index contributed by atoms with van der Waals surface area (Å²) in [6.07, 6.45) is 0. The summed E-state index contributed by atoms with van der Waals surface area (Å²) in [5, 5.41) is 3.72. The topological polar surface area (TPSA) is 17.1 Å². The zero-order chi connectivity index (χ0) is 10.1. The van der Waals surface area contributed by atoms with E-state index in [-0.39, 0.29) is 5.78 Å². The van der Waals surface area contributed by atoms with E-state index >= 15 is 0 Å². The number of ketones is 1. The van der Waals surface area contributed by atoms with Crippen molar-refractivity contribution in [1.29, 1.82) is 0 Å². The van der Waals surface area contributed by atoms with Crippen LogP contribution in [0, 0.1) is 0 Å². The molecule has 5 heteroatoms. The van der Waals surface area contributed by atoms with Gasteiger partial charge in [-0.1, -0.05) is 0 Å². The highest BCUT2D eigenvalue weighted by molar-refractivity contribution is 9.11. The van der Waals surface area contributed by atoms with Gasteiger partial charge < -0.3 is 0 Å². The van der Waals surface area contributed by atoms with Crippen LogP contribution in [0.5, 0.6) is 0 Å².